The second-order valence-electron chi connectivity index (χ2n) is 8.58. The first-order valence-electron chi connectivity index (χ1n) is 12.7. The number of nitrogens with two attached hydrogens (primary N) is 4. The number of nitrogens with one attached hydrogen (secondary N) is 2. The Morgan fingerprint density at radius 2 is 1.38 bits per heavy atom. The highest BCUT2D eigenvalue weighted by molar-refractivity contribution is 5.85. The van der Waals surface area contributed by atoms with Gasteiger partial charge in [-0.3, -0.25) is 9.59 Å². The number of amides is 3. The summed E-state index contributed by atoms with van der Waals surface area (Å²) in [5.74, 6) is -0.406. The molecular weight excluding hydrogens is 438 g/mol. The molecule has 0 aromatic rings. The predicted octanol–water partition coefficient (Wildman–Crippen LogP) is 0.152. The molecule has 11 nitrogen and oxygen atoms in total. The maximum atomic E-state index is 12.8. The van der Waals surface area contributed by atoms with Crippen LogP contribution in [0.3, 0.4) is 0 Å². The van der Waals surface area contributed by atoms with Crippen LogP contribution in [0.5, 0.6) is 0 Å². The molecule has 1 unspecified atom stereocenters. The fraction of sp³-hybridized carbons (Fsp3) is 0.870. The molecule has 11 heteroatoms. The van der Waals surface area contributed by atoms with E-state index in [1.54, 1.807) is 4.90 Å². The summed E-state index contributed by atoms with van der Waals surface area (Å²) in [7, 11) is 0. The van der Waals surface area contributed by atoms with Crippen molar-refractivity contribution in [2.24, 2.45) is 22.9 Å². The average Bonchev–Trinajstić information content (AvgIpc) is 2.81. The molecule has 0 heterocycles. The van der Waals surface area contributed by atoms with Crippen molar-refractivity contribution in [3.63, 3.8) is 0 Å². The molecule has 34 heavy (non-hydrogen) atoms. The van der Waals surface area contributed by atoms with Gasteiger partial charge in [0.2, 0.25) is 11.8 Å². The van der Waals surface area contributed by atoms with Gasteiger partial charge in [0.15, 0.2) is 0 Å². The quantitative estimate of drug-likeness (QED) is 0.110. The molecule has 0 bridgehead atoms. The first-order valence-corrected chi connectivity index (χ1v) is 12.7. The summed E-state index contributed by atoms with van der Waals surface area (Å²) in [6.45, 7) is 3.26. The van der Waals surface area contributed by atoms with Gasteiger partial charge in [-0.1, -0.05) is 32.1 Å². The SMILES string of the molecule is NCCCCCCCNCC(=O)N(CCCCCN)CC(=O)NC(CCCCN)COC(N)=O. The molecule has 0 aliphatic rings. The summed E-state index contributed by atoms with van der Waals surface area (Å²) in [6.07, 6.45) is 9.28. The van der Waals surface area contributed by atoms with Crippen molar-refractivity contribution in [2.75, 3.05) is 52.4 Å². The van der Waals surface area contributed by atoms with Gasteiger partial charge in [0.05, 0.1) is 19.1 Å². The van der Waals surface area contributed by atoms with Crippen molar-refractivity contribution in [3.8, 4) is 0 Å². The fourth-order valence-corrected chi connectivity index (χ4v) is 3.51. The zero-order valence-corrected chi connectivity index (χ0v) is 20.9. The number of unbranched alkanes of at least 4 members (excludes halogenated alkanes) is 7. The normalized spacial score (nSPS) is 11.7. The molecule has 1 atom stereocenters. The molecule has 200 valence electrons. The zero-order valence-electron chi connectivity index (χ0n) is 20.9. The number of nitrogens with zero attached hydrogens (tertiary/aromatic N) is 1. The van der Waals surface area contributed by atoms with E-state index in [1.807, 2.05) is 0 Å². The number of hydrogen-bond acceptors (Lipinski definition) is 8. The van der Waals surface area contributed by atoms with Crippen LogP contribution in [0.25, 0.3) is 0 Å². The molecule has 0 spiro atoms. The Bertz CT molecular complexity index is 537. The predicted molar refractivity (Wildman–Crippen MR) is 135 cm³/mol. The lowest BCUT2D eigenvalue weighted by atomic mass is 10.1. The monoisotopic (exact) mass is 487 g/mol. The van der Waals surface area contributed by atoms with Crippen LogP contribution in [0.1, 0.15) is 70.6 Å². The molecule has 0 aliphatic carbocycles. The minimum Gasteiger partial charge on any atom is -0.448 e. The summed E-state index contributed by atoms with van der Waals surface area (Å²) in [4.78, 5) is 38.0. The van der Waals surface area contributed by atoms with Crippen molar-refractivity contribution in [1.29, 1.82) is 0 Å². The molecular formula is C23H49N7O4. The number of hydrogen-bond donors (Lipinski definition) is 6. The Balaban J connectivity index is 4.64. The van der Waals surface area contributed by atoms with Crippen molar-refractivity contribution < 1.29 is 19.1 Å². The number of carbonyl (C=O) groups excluding carboxylic acids is 3. The average molecular weight is 488 g/mol. The van der Waals surface area contributed by atoms with Gasteiger partial charge in [0.1, 0.15) is 6.61 Å². The van der Waals surface area contributed by atoms with Gasteiger partial charge in [-0.2, -0.15) is 0 Å². The second kappa shape index (κ2) is 22.8. The molecule has 0 aliphatic heterocycles. The first kappa shape index (κ1) is 32.0. The van der Waals surface area contributed by atoms with E-state index in [0.29, 0.717) is 26.1 Å². The first-order chi connectivity index (χ1) is 16.4. The summed E-state index contributed by atoms with van der Waals surface area (Å²) in [6, 6.07) is -0.377. The lowest BCUT2D eigenvalue weighted by Gasteiger charge is -2.24. The van der Waals surface area contributed by atoms with Gasteiger partial charge in [0, 0.05) is 6.54 Å². The number of rotatable bonds is 23. The van der Waals surface area contributed by atoms with Crippen LogP contribution in [0.2, 0.25) is 0 Å². The Kier molecular flexibility index (Phi) is 21.5. The second-order valence-corrected chi connectivity index (χ2v) is 8.58. The Hall–Kier alpha value is -1.95. The van der Waals surface area contributed by atoms with E-state index in [-0.39, 0.29) is 37.6 Å². The summed E-state index contributed by atoms with van der Waals surface area (Å²) in [5.41, 5.74) is 21.7. The molecule has 0 rings (SSSR count). The van der Waals surface area contributed by atoms with Crippen LogP contribution in [-0.4, -0.2) is 81.3 Å². The van der Waals surface area contributed by atoms with E-state index in [0.717, 1.165) is 77.3 Å². The zero-order chi connectivity index (χ0) is 25.4. The van der Waals surface area contributed by atoms with Crippen molar-refractivity contribution in [3.05, 3.63) is 0 Å². The van der Waals surface area contributed by atoms with Gasteiger partial charge in [-0.15, -0.1) is 0 Å². The van der Waals surface area contributed by atoms with Crippen LogP contribution >= 0.6 is 0 Å². The third-order valence-corrected chi connectivity index (χ3v) is 5.45. The lowest BCUT2D eigenvalue weighted by Crippen LogP contribution is -2.48. The highest BCUT2D eigenvalue weighted by Gasteiger charge is 2.20. The standard InChI is InChI=1S/C23H49N7O4/c24-12-6-2-1-3-9-15-28-17-22(32)30(16-10-4-7-13-25)18-21(31)29-20(11-5-8-14-26)19-34-23(27)33/h20,28H,1-19,24-26H2,(H2,27,33)(H,29,31). The van der Waals surface area contributed by atoms with E-state index in [1.165, 1.54) is 0 Å². The number of ether oxygens (including phenoxy) is 1. The molecule has 0 radical (unpaired) electrons. The van der Waals surface area contributed by atoms with Crippen LogP contribution in [0.15, 0.2) is 0 Å². The number of carbonyl (C=O) groups is 3. The molecule has 0 fully saturated rings. The van der Waals surface area contributed by atoms with Crippen molar-refractivity contribution in [2.45, 2.75) is 76.7 Å². The maximum Gasteiger partial charge on any atom is 0.404 e. The van der Waals surface area contributed by atoms with E-state index in [4.69, 9.17) is 27.7 Å². The molecule has 0 aromatic heterocycles. The van der Waals surface area contributed by atoms with E-state index >= 15 is 0 Å². The van der Waals surface area contributed by atoms with Crippen LogP contribution in [-0.2, 0) is 14.3 Å². The van der Waals surface area contributed by atoms with Crippen LogP contribution in [0, 0.1) is 0 Å². The minimum absolute atomic E-state index is 0.0110. The third kappa shape index (κ3) is 19.5. The summed E-state index contributed by atoms with van der Waals surface area (Å²) >= 11 is 0. The van der Waals surface area contributed by atoms with Crippen molar-refractivity contribution >= 4 is 17.9 Å². The highest BCUT2D eigenvalue weighted by Crippen LogP contribution is 2.04. The largest absolute Gasteiger partial charge is 0.448 e. The van der Waals surface area contributed by atoms with Gasteiger partial charge in [-0.25, -0.2) is 4.79 Å². The van der Waals surface area contributed by atoms with Crippen LogP contribution in [0.4, 0.5) is 4.79 Å². The van der Waals surface area contributed by atoms with E-state index < -0.39 is 6.09 Å². The van der Waals surface area contributed by atoms with Gasteiger partial charge in [-0.05, 0) is 64.7 Å². The van der Waals surface area contributed by atoms with E-state index in [2.05, 4.69) is 10.6 Å². The fourth-order valence-electron chi connectivity index (χ4n) is 3.51. The molecule has 10 N–H and O–H groups in total. The Labute approximate surface area is 205 Å². The van der Waals surface area contributed by atoms with Gasteiger partial charge in [0.25, 0.3) is 0 Å². The summed E-state index contributed by atoms with van der Waals surface area (Å²) < 4.78 is 4.87. The molecule has 0 aromatic carbocycles. The number of primary amides is 1. The maximum absolute atomic E-state index is 12.8. The third-order valence-electron chi connectivity index (χ3n) is 5.45. The molecule has 3 amide bonds. The topological polar surface area (TPSA) is 192 Å². The Morgan fingerprint density at radius 1 is 0.794 bits per heavy atom. The lowest BCUT2D eigenvalue weighted by molar-refractivity contribution is -0.135. The van der Waals surface area contributed by atoms with E-state index in [9.17, 15) is 14.4 Å². The summed E-state index contributed by atoms with van der Waals surface area (Å²) in [5, 5.41) is 6.05. The minimum atomic E-state index is -0.889. The molecule has 0 saturated heterocycles. The molecule has 0 saturated carbocycles. The highest BCUT2D eigenvalue weighted by atomic mass is 16.5. The van der Waals surface area contributed by atoms with Gasteiger partial charge < -0.3 is 43.2 Å². The van der Waals surface area contributed by atoms with Gasteiger partial charge >= 0.3 is 6.09 Å². The smallest absolute Gasteiger partial charge is 0.404 e. The Morgan fingerprint density at radius 3 is 2.03 bits per heavy atom. The van der Waals surface area contributed by atoms with Crippen molar-refractivity contribution in [1.82, 2.24) is 15.5 Å². The van der Waals surface area contributed by atoms with Crippen LogP contribution < -0.4 is 33.6 Å².